The zero-order valence-corrected chi connectivity index (χ0v) is 12.6. The molecule has 1 fully saturated rings. The molecule has 2 aromatic rings. The average Bonchev–Trinajstić information content (AvgIpc) is 3.10. The molecule has 4 nitrogen and oxygen atoms in total. The molecule has 0 N–H and O–H groups in total. The van der Waals surface area contributed by atoms with Crippen molar-refractivity contribution in [3.05, 3.63) is 42.0 Å². The van der Waals surface area contributed by atoms with Crippen molar-refractivity contribution in [1.82, 2.24) is 14.7 Å². The Morgan fingerprint density at radius 3 is 2.67 bits per heavy atom. The van der Waals surface area contributed by atoms with Crippen molar-refractivity contribution in [1.29, 1.82) is 0 Å². The molecule has 21 heavy (non-hydrogen) atoms. The van der Waals surface area contributed by atoms with Crippen molar-refractivity contribution in [2.45, 2.75) is 19.4 Å². The minimum absolute atomic E-state index is 0.243. The first kappa shape index (κ1) is 14.1. The number of rotatable bonds is 4. The molecule has 112 valence electrons. The number of hydrogen-bond donors (Lipinski definition) is 0. The maximum Gasteiger partial charge on any atom is 0.127 e. The molecule has 0 saturated carbocycles. The number of aromatic nitrogens is 2. The quantitative estimate of drug-likeness (QED) is 0.864. The normalized spacial score (nSPS) is 15.6. The van der Waals surface area contributed by atoms with Gasteiger partial charge in [0.2, 0.25) is 0 Å². The number of nitrogens with zero attached hydrogens (tertiary/aromatic N) is 4. The Bertz CT molecular complexity index is 614. The van der Waals surface area contributed by atoms with E-state index in [2.05, 4.69) is 10.00 Å². The topological polar surface area (TPSA) is 24.3 Å². The summed E-state index contributed by atoms with van der Waals surface area (Å²) in [5.74, 6) is -0.243. The first-order valence-corrected chi connectivity index (χ1v) is 7.36. The van der Waals surface area contributed by atoms with Gasteiger partial charge in [0.05, 0.1) is 11.9 Å². The maximum atomic E-state index is 13.7. The van der Waals surface area contributed by atoms with E-state index in [0.717, 1.165) is 31.0 Å². The van der Waals surface area contributed by atoms with E-state index < -0.39 is 0 Å². The Labute approximate surface area is 124 Å². The van der Waals surface area contributed by atoms with Crippen LogP contribution in [0.15, 0.2) is 30.6 Å². The summed E-state index contributed by atoms with van der Waals surface area (Å²) in [6.07, 6.45) is 6.43. The highest BCUT2D eigenvalue weighted by atomic mass is 19.1. The van der Waals surface area contributed by atoms with E-state index in [0.29, 0.717) is 0 Å². The lowest BCUT2D eigenvalue weighted by Gasteiger charge is -2.14. The highest BCUT2D eigenvalue weighted by Crippen LogP contribution is 2.20. The molecular formula is C16H21FN4. The van der Waals surface area contributed by atoms with E-state index in [1.165, 1.54) is 30.5 Å². The van der Waals surface area contributed by atoms with Gasteiger partial charge in [-0.1, -0.05) is 0 Å². The molecule has 0 aliphatic carbocycles. The van der Waals surface area contributed by atoms with Crippen LogP contribution in [0.4, 0.5) is 10.1 Å². The number of likely N-dealkylation sites (tertiary alicyclic amines) is 1. The predicted octanol–water partition coefficient (Wildman–Crippen LogP) is 2.67. The Kier molecular flexibility index (Phi) is 3.92. The maximum absolute atomic E-state index is 13.7. The first-order valence-electron chi connectivity index (χ1n) is 7.36. The van der Waals surface area contributed by atoms with Gasteiger partial charge in [0.1, 0.15) is 5.82 Å². The monoisotopic (exact) mass is 288 g/mol. The van der Waals surface area contributed by atoms with Gasteiger partial charge < -0.3 is 4.90 Å². The molecule has 2 heterocycles. The van der Waals surface area contributed by atoms with Crippen LogP contribution in [0.5, 0.6) is 0 Å². The third-order valence-electron chi connectivity index (χ3n) is 3.89. The van der Waals surface area contributed by atoms with Crippen LogP contribution in [0.3, 0.4) is 0 Å². The second-order valence-corrected chi connectivity index (χ2v) is 5.84. The second kappa shape index (κ2) is 5.85. The summed E-state index contributed by atoms with van der Waals surface area (Å²) in [4.78, 5) is 4.32. The first-order chi connectivity index (χ1) is 10.1. The van der Waals surface area contributed by atoms with Gasteiger partial charge in [0.15, 0.2) is 0 Å². The lowest BCUT2D eigenvalue weighted by atomic mass is 10.2. The van der Waals surface area contributed by atoms with Crippen LogP contribution in [-0.2, 0) is 6.54 Å². The van der Waals surface area contributed by atoms with E-state index >= 15 is 0 Å². The van der Waals surface area contributed by atoms with E-state index in [1.807, 2.05) is 37.5 Å². The van der Waals surface area contributed by atoms with Gasteiger partial charge in [0, 0.05) is 38.1 Å². The molecule has 0 unspecified atom stereocenters. The third kappa shape index (κ3) is 3.24. The smallest absolute Gasteiger partial charge is 0.127 e. The lowest BCUT2D eigenvalue weighted by Crippen LogP contribution is -2.17. The Hall–Kier alpha value is -1.88. The molecule has 3 rings (SSSR count). The molecule has 0 spiro atoms. The van der Waals surface area contributed by atoms with Crippen LogP contribution in [0, 0.1) is 5.82 Å². The fourth-order valence-corrected chi connectivity index (χ4v) is 2.73. The fraction of sp³-hybridized carbons (Fsp3) is 0.438. The van der Waals surface area contributed by atoms with Gasteiger partial charge in [-0.2, -0.15) is 5.10 Å². The molecule has 5 heteroatoms. The third-order valence-corrected chi connectivity index (χ3v) is 3.89. The van der Waals surface area contributed by atoms with Gasteiger partial charge in [-0.3, -0.25) is 4.90 Å². The van der Waals surface area contributed by atoms with Crippen LogP contribution in [0.2, 0.25) is 0 Å². The molecule has 0 bridgehead atoms. The SMILES string of the molecule is CN(C)c1cc(F)cc(-n2cc(CN3CCCC3)cn2)c1. The van der Waals surface area contributed by atoms with Crippen LogP contribution in [0.1, 0.15) is 18.4 Å². The Morgan fingerprint density at radius 1 is 1.19 bits per heavy atom. The molecule has 0 atom stereocenters. The molecule has 1 aliphatic heterocycles. The van der Waals surface area contributed by atoms with Gasteiger partial charge in [-0.15, -0.1) is 0 Å². The average molecular weight is 288 g/mol. The minimum atomic E-state index is -0.243. The summed E-state index contributed by atoms with van der Waals surface area (Å²) < 4.78 is 15.5. The highest BCUT2D eigenvalue weighted by molar-refractivity contribution is 5.52. The van der Waals surface area contributed by atoms with Crippen molar-refractivity contribution in [2.75, 3.05) is 32.1 Å². The van der Waals surface area contributed by atoms with Crippen LogP contribution >= 0.6 is 0 Å². The zero-order chi connectivity index (χ0) is 14.8. The van der Waals surface area contributed by atoms with E-state index in [9.17, 15) is 4.39 Å². The summed E-state index contributed by atoms with van der Waals surface area (Å²) in [7, 11) is 3.81. The van der Waals surface area contributed by atoms with Gasteiger partial charge >= 0.3 is 0 Å². The van der Waals surface area contributed by atoms with Crippen molar-refractivity contribution >= 4 is 5.69 Å². The summed E-state index contributed by atoms with van der Waals surface area (Å²) in [5, 5.41) is 4.37. The molecular weight excluding hydrogens is 267 g/mol. The summed E-state index contributed by atoms with van der Waals surface area (Å²) in [6.45, 7) is 3.25. The van der Waals surface area contributed by atoms with Crippen LogP contribution < -0.4 is 4.90 Å². The number of halogens is 1. The summed E-state index contributed by atoms with van der Waals surface area (Å²) in [6, 6.07) is 4.98. The standard InChI is InChI=1S/C16H21FN4/c1-19(2)15-7-14(17)8-16(9-15)21-12-13(10-18-21)11-20-5-3-4-6-20/h7-10,12H,3-6,11H2,1-2H3. The molecule has 1 aromatic carbocycles. The van der Waals surface area contributed by atoms with Crippen molar-refractivity contribution < 1.29 is 4.39 Å². The molecule has 0 radical (unpaired) electrons. The fourth-order valence-electron chi connectivity index (χ4n) is 2.73. The minimum Gasteiger partial charge on any atom is -0.378 e. The molecule has 1 aromatic heterocycles. The molecule has 1 aliphatic rings. The zero-order valence-electron chi connectivity index (χ0n) is 12.6. The van der Waals surface area contributed by atoms with Gasteiger partial charge in [0.25, 0.3) is 0 Å². The van der Waals surface area contributed by atoms with E-state index in [1.54, 1.807) is 4.68 Å². The van der Waals surface area contributed by atoms with Crippen molar-refractivity contribution in [3.63, 3.8) is 0 Å². The van der Waals surface area contributed by atoms with E-state index in [4.69, 9.17) is 0 Å². The van der Waals surface area contributed by atoms with Gasteiger partial charge in [-0.25, -0.2) is 9.07 Å². The van der Waals surface area contributed by atoms with Gasteiger partial charge in [-0.05, 0) is 44.1 Å². The number of benzene rings is 1. The highest BCUT2D eigenvalue weighted by Gasteiger charge is 2.13. The Balaban J connectivity index is 1.82. The number of anilines is 1. The molecule has 1 saturated heterocycles. The van der Waals surface area contributed by atoms with Crippen molar-refractivity contribution in [2.24, 2.45) is 0 Å². The van der Waals surface area contributed by atoms with Crippen LogP contribution in [-0.4, -0.2) is 41.9 Å². The summed E-state index contributed by atoms with van der Waals surface area (Å²) >= 11 is 0. The Morgan fingerprint density at radius 2 is 1.95 bits per heavy atom. The van der Waals surface area contributed by atoms with Crippen LogP contribution in [0.25, 0.3) is 5.69 Å². The lowest BCUT2D eigenvalue weighted by molar-refractivity contribution is 0.331. The molecule has 0 amide bonds. The number of hydrogen-bond acceptors (Lipinski definition) is 3. The van der Waals surface area contributed by atoms with E-state index in [-0.39, 0.29) is 5.82 Å². The predicted molar refractivity (Wildman–Crippen MR) is 82.4 cm³/mol. The summed E-state index contributed by atoms with van der Waals surface area (Å²) in [5.41, 5.74) is 2.76. The largest absolute Gasteiger partial charge is 0.378 e. The van der Waals surface area contributed by atoms with Crippen molar-refractivity contribution in [3.8, 4) is 5.69 Å². The second-order valence-electron chi connectivity index (χ2n) is 5.84.